The zero-order valence-corrected chi connectivity index (χ0v) is 14.0. The van der Waals surface area contributed by atoms with E-state index in [0.29, 0.717) is 41.0 Å². The zero-order chi connectivity index (χ0) is 16.6. The predicted molar refractivity (Wildman–Crippen MR) is 88.8 cm³/mol. The Labute approximate surface area is 139 Å². The molecule has 2 heterocycles. The van der Waals surface area contributed by atoms with Crippen molar-refractivity contribution in [3.63, 3.8) is 0 Å². The monoisotopic (exact) mass is 332 g/mol. The smallest absolute Gasteiger partial charge is 0.255 e. The van der Waals surface area contributed by atoms with Gasteiger partial charge in [0.25, 0.3) is 5.91 Å². The first-order valence-electron chi connectivity index (χ1n) is 7.31. The van der Waals surface area contributed by atoms with Crippen LogP contribution >= 0.6 is 11.6 Å². The molecular weight excluding hydrogens is 316 g/mol. The van der Waals surface area contributed by atoms with Gasteiger partial charge in [0, 0.05) is 11.3 Å². The summed E-state index contributed by atoms with van der Waals surface area (Å²) in [5.74, 6) is 0.712. The Kier molecular flexibility index (Phi) is 4.13. The molecule has 0 radical (unpaired) electrons. The van der Waals surface area contributed by atoms with E-state index in [1.807, 2.05) is 26.8 Å². The molecule has 1 N–H and O–H groups in total. The van der Waals surface area contributed by atoms with Gasteiger partial charge in [0.05, 0.1) is 16.4 Å². The quantitative estimate of drug-likeness (QED) is 0.911. The van der Waals surface area contributed by atoms with E-state index in [1.165, 1.54) is 0 Å². The number of carbonyl (C=O) groups excluding carboxylic acids is 1. The van der Waals surface area contributed by atoms with E-state index in [-0.39, 0.29) is 5.91 Å². The molecule has 1 aromatic carbocycles. The molecule has 23 heavy (non-hydrogen) atoms. The molecule has 0 atom stereocenters. The average Bonchev–Trinajstić information content (AvgIpc) is 2.50. The summed E-state index contributed by atoms with van der Waals surface area (Å²) in [7, 11) is 0. The summed E-state index contributed by atoms with van der Waals surface area (Å²) in [6, 6.07) is 5.15. The van der Waals surface area contributed by atoms with E-state index in [0.717, 1.165) is 17.0 Å². The third kappa shape index (κ3) is 3.10. The SMILES string of the molecule is Cc1cc(C)c(NC(=O)c2cc(Cl)c3c(c2)OCCO3)c(C)n1. The van der Waals surface area contributed by atoms with Gasteiger partial charge in [0.15, 0.2) is 11.5 Å². The van der Waals surface area contributed by atoms with Crippen LogP contribution in [0.25, 0.3) is 0 Å². The summed E-state index contributed by atoms with van der Waals surface area (Å²) in [4.78, 5) is 16.9. The van der Waals surface area contributed by atoms with Gasteiger partial charge < -0.3 is 14.8 Å². The molecule has 2 aromatic rings. The molecule has 0 aliphatic carbocycles. The van der Waals surface area contributed by atoms with Crippen LogP contribution in [0.4, 0.5) is 5.69 Å². The third-order valence-corrected chi connectivity index (χ3v) is 3.90. The maximum Gasteiger partial charge on any atom is 0.255 e. The van der Waals surface area contributed by atoms with Crippen molar-refractivity contribution in [3.05, 3.63) is 45.7 Å². The molecule has 0 spiro atoms. The number of aryl methyl sites for hydroxylation is 3. The summed E-state index contributed by atoms with van der Waals surface area (Å²) >= 11 is 6.18. The van der Waals surface area contributed by atoms with E-state index in [1.54, 1.807) is 12.1 Å². The fraction of sp³-hybridized carbons (Fsp3) is 0.294. The molecular formula is C17H17ClN2O3. The van der Waals surface area contributed by atoms with Crippen molar-refractivity contribution in [3.8, 4) is 11.5 Å². The normalized spacial score (nSPS) is 12.9. The summed E-state index contributed by atoms with van der Waals surface area (Å²) in [6.45, 7) is 6.62. The van der Waals surface area contributed by atoms with Gasteiger partial charge in [-0.3, -0.25) is 9.78 Å². The van der Waals surface area contributed by atoms with E-state index >= 15 is 0 Å². The van der Waals surface area contributed by atoms with Crippen LogP contribution in [0, 0.1) is 20.8 Å². The molecule has 3 rings (SSSR count). The molecule has 120 valence electrons. The number of nitrogens with one attached hydrogen (secondary N) is 1. The maximum absolute atomic E-state index is 12.5. The van der Waals surface area contributed by atoms with Crippen molar-refractivity contribution in [2.45, 2.75) is 20.8 Å². The van der Waals surface area contributed by atoms with Crippen LogP contribution in [0.1, 0.15) is 27.3 Å². The zero-order valence-electron chi connectivity index (χ0n) is 13.2. The fourth-order valence-corrected chi connectivity index (χ4v) is 2.91. The summed E-state index contributed by atoms with van der Waals surface area (Å²) in [5, 5.41) is 3.26. The van der Waals surface area contributed by atoms with Crippen LogP contribution in [0.2, 0.25) is 5.02 Å². The molecule has 0 saturated heterocycles. The van der Waals surface area contributed by atoms with Crippen LogP contribution in [0.3, 0.4) is 0 Å². The Morgan fingerprint density at radius 1 is 1.17 bits per heavy atom. The first-order chi connectivity index (χ1) is 11.0. The van der Waals surface area contributed by atoms with Crippen molar-refractivity contribution in [2.75, 3.05) is 18.5 Å². The minimum absolute atomic E-state index is 0.263. The topological polar surface area (TPSA) is 60.5 Å². The number of aromatic nitrogens is 1. The molecule has 0 fully saturated rings. The average molecular weight is 333 g/mol. The Morgan fingerprint density at radius 2 is 1.91 bits per heavy atom. The van der Waals surface area contributed by atoms with Crippen LogP contribution in [0.15, 0.2) is 18.2 Å². The molecule has 1 amide bonds. The van der Waals surface area contributed by atoms with Crippen LogP contribution < -0.4 is 14.8 Å². The number of anilines is 1. The Morgan fingerprint density at radius 3 is 2.65 bits per heavy atom. The number of halogens is 1. The Balaban J connectivity index is 1.91. The predicted octanol–water partition coefficient (Wildman–Crippen LogP) is 3.68. The van der Waals surface area contributed by atoms with E-state index in [4.69, 9.17) is 21.1 Å². The highest BCUT2D eigenvalue weighted by Gasteiger charge is 2.20. The molecule has 0 unspecified atom stereocenters. The van der Waals surface area contributed by atoms with Gasteiger partial charge in [-0.2, -0.15) is 0 Å². The maximum atomic E-state index is 12.5. The van der Waals surface area contributed by atoms with Crippen molar-refractivity contribution in [1.29, 1.82) is 0 Å². The fourth-order valence-electron chi connectivity index (χ4n) is 2.64. The number of fused-ring (bicyclic) bond motifs is 1. The van der Waals surface area contributed by atoms with Crippen molar-refractivity contribution >= 4 is 23.2 Å². The standard InChI is InChI=1S/C17H17ClN2O3/c1-9-6-10(2)19-11(3)15(9)20-17(21)12-7-13(18)16-14(8-12)22-4-5-23-16/h6-8H,4-5H2,1-3H3,(H,20,21). The van der Waals surface area contributed by atoms with Crippen LogP contribution in [-0.2, 0) is 0 Å². The molecule has 1 aliphatic rings. The molecule has 0 bridgehead atoms. The van der Waals surface area contributed by atoms with Crippen LogP contribution in [0.5, 0.6) is 11.5 Å². The van der Waals surface area contributed by atoms with Crippen molar-refractivity contribution in [2.24, 2.45) is 0 Å². The van der Waals surface area contributed by atoms with E-state index in [2.05, 4.69) is 10.3 Å². The lowest BCUT2D eigenvalue weighted by molar-refractivity contribution is 0.102. The van der Waals surface area contributed by atoms with Crippen LogP contribution in [-0.4, -0.2) is 24.1 Å². The third-order valence-electron chi connectivity index (χ3n) is 3.62. The number of carbonyl (C=O) groups is 1. The first-order valence-corrected chi connectivity index (χ1v) is 7.69. The minimum atomic E-state index is -0.263. The largest absolute Gasteiger partial charge is 0.486 e. The minimum Gasteiger partial charge on any atom is -0.486 e. The second kappa shape index (κ2) is 6.08. The number of benzene rings is 1. The second-order valence-electron chi connectivity index (χ2n) is 5.48. The van der Waals surface area contributed by atoms with Gasteiger partial charge in [0.1, 0.15) is 13.2 Å². The number of amides is 1. The molecule has 0 saturated carbocycles. The number of hydrogen-bond donors (Lipinski definition) is 1. The van der Waals surface area contributed by atoms with E-state index in [9.17, 15) is 4.79 Å². The highest BCUT2D eigenvalue weighted by Crippen LogP contribution is 2.38. The molecule has 6 heteroatoms. The van der Waals surface area contributed by atoms with Gasteiger partial charge in [0.2, 0.25) is 0 Å². The number of rotatable bonds is 2. The van der Waals surface area contributed by atoms with Crippen molar-refractivity contribution in [1.82, 2.24) is 4.98 Å². The van der Waals surface area contributed by atoms with Gasteiger partial charge in [-0.25, -0.2) is 0 Å². The van der Waals surface area contributed by atoms with Gasteiger partial charge in [-0.15, -0.1) is 0 Å². The number of pyridine rings is 1. The van der Waals surface area contributed by atoms with Gasteiger partial charge >= 0.3 is 0 Å². The lowest BCUT2D eigenvalue weighted by Crippen LogP contribution is -2.18. The summed E-state index contributed by atoms with van der Waals surface area (Å²) in [6.07, 6.45) is 0. The van der Waals surface area contributed by atoms with E-state index < -0.39 is 0 Å². The molecule has 5 nitrogen and oxygen atoms in total. The van der Waals surface area contributed by atoms with Crippen molar-refractivity contribution < 1.29 is 14.3 Å². The number of ether oxygens (including phenoxy) is 2. The first kappa shape index (κ1) is 15.6. The summed E-state index contributed by atoms with van der Waals surface area (Å²) in [5.41, 5.74) is 3.79. The number of nitrogens with zero attached hydrogens (tertiary/aromatic N) is 1. The lowest BCUT2D eigenvalue weighted by Gasteiger charge is -2.20. The highest BCUT2D eigenvalue weighted by molar-refractivity contribution is 6.32. The van der Waals surface area contributed by atoms with Gasteiger partial charge in [-0.1, -0.05) is 11.6 Å². The molecule has 1 aromatic heterocycles. The number of hydrogen-bond acceptors (Lipinski definition) is 4. The Hall–Kier alpha value is -2.27. The molecule has 1 aliphatic heterocycles. The highest BCUT2D eigenvalue weighted by atomic mass is 35.5. The second-order valence-corrected chi connectivity index (χ2v) is 5.88. The lowest BCUT2D eigenvalue weighted by atomic mass is 10.1. The summed E-state index contributed by atoms with van der Waals surface area (Å²) < 4.78 is 11.0. The Bertz CT molecular complexity index is 767. The van der Waals surface area contributed by atoms with Gasteiger partial charge in [-0.05, 0) is 44.5 Å².